The Hall–Kier alpha value is -2.60. The fourth-order valence-corrected chi connectivity index (χ4v) is 3.08. The Bertz CT molecular complexity index is 804. The van der Waals surface area contributed by atoms with E-state index < -0.39 is 0 Å². The minimum absolute atomic E-state index is 0.319. The summed E-state index contributed by atoms with van der Waals surface area (Å²) in [7, 11) is 4.66. The number of halogens is 1. The van der Waals surface area contributed by atoms with Gasteiger partial charge in [-0.2, -0.15) is 0 Å². The average molecular weight is 377 g/mol. The highest BCUT2D eigenvalue weighted by Gasteiger charge is 2.45. The Morgan fingerprint density at radius 1 is 1.00 bits per heavy atom. The van der Waals surface area contributed by atoms with Crippen molar-refractivity contribution in [1.82, 2.24) is 5.32 Å². The normalized spacial score (nSPS) is 14.3. The first-order valence-electron chi connectivity index (χ1n) is 8.16. The number of carbonyl (C=O) groups is 1. The van der Waals surface area contributed by atoms with E-state index in [2.05, 4.69) is 10.6 Å². The zero-order valence-electron chi connectivity index (χ0n) is 14.9. The number of hydrogen-bond donors (Lipinski definition) is 2. The molecule has 0 bridgehead atoms. The van der Waals surface area contributed by atoms with Gasteiger partial charge in [0.25, 0.3) is 0 Å². The Kier molecular flexibility index (Phi) is 5.13. The van der Waals surface area contributed by atoms with Crippen molar-refractivity contribution in [2.75, 3.05) is 26.6 Å². The maximum atomic E-state index is 12.5. The maximum Gasteiger partial charge on any atom is 0.320 e. The lowest BCUT2D eigenvalue weighted by Gasteiger charge is -2.20. The van der Waals surface area contributed by atoms with Crippen LogP contribution in [0.25, 0.3) is 0 Å². The highest BCUT2D eigenvalue weighted by Crippen LogP contribution is 2.46. The second-order valence-corrected chi connectivity index (χ2v) is 6.48. The summed E-state index contributed by atoms with van der Waals surface area (Å²) in [4.78, 5) is 12.5. The molecule has 2 N–H and O–H groups in total. The SMILES string of the molecule is COc1ccc(C2(NC(=O)Nc3cc(OC)c(Cl)cc3OC)CC2)cc1. The summed E-state index contributed by atoms with van der Waals surface area (Å²) in [5.41, 5.74) is 1.19. The van der Waals surface area contributed by atoms with E-state index in [1.165, 1.54) is 14.2 Å². The van der Waals surface area contributed by atoms with E-state index in [1.807, 2.05) is 24.3 Å². The number of nitrogens with one attached hydrogen (secondary N) is 2. The molecule has 0 atom stereocenters. The molecule has 2 aromatic carbocycles. The summed E-state index contributed by atoms with van der Waals surface area (Å²) >= 11 is 6.09. The molecule has 2 aromatic rings. The lowest BCUT2D eigenvalue weighted by Crippen LogP contribution is -2.38. The molecule has 0 saturated heterocycles. The molecule has 2 amide bonds. The summed E-state index contributed by atoms with van der Waals surface area (Å²) < 4.78 is 15.7. The molecule has 6 nitrogen and oxygen atoms in total. The molecule has 26 heavy (non-hydrogen) atoms. The van der Waals surface area contributed by atoms with Crippen LogP contribution in [0.5, 0.6) is 17.2 Å². The first kappa shape index (κ1) is 18.2. The minimum atomic E-state index is -0.347. The Balaban J connectivity index is 1.74. The third-order valence-corrected chi connectivity index (χ3v) is 4.76. The van der Waals surface area contributed by atoms with E-state index in [0.717, 1.165) is 24.2 Å². The van der Waals surface area contributed by atoms with E-state index >= 15 is 0 Å². The molecular weight excluding hydrogens is 356 g/mol. The van der Waals surface area contributed by atoms with Gasteiger partial charge in [-0.25, -0.2) is 4.79 Å². The zero-order valence-corrected chi connectivity index (χ0v) is 15.6. The number of ether oxygens (including phenoxy) is 3. The van der Waals surface area contributed by atoms with Gasteiger partial charge in [0, 0.05) is 12.1 Å². The summed E-state index contributed by atoms with van der Waals surface area (Å²) in [5, 5.41) is 6.28. The van der Waals surface area contributed by atoms with Crippen LogP contribution in [0, 0.1) is 0 Å². The fraction of sp³-hybridized carbons (Fsp3) is 0.316. The van der Waals surface area contributed by atoms with Gasteiger partial charge >= 0.3 is 6.03 Å². The lowest BCUT2D eigenvalue weighted by atomic mass is 10.1. The summed E-state index contributed by atoms with van der Waals surface area (Å²) in [6, 6.07) is 10.6. The summed E-state index contributed by atoms with van der Waals surface area (Å²) in [5.74, 6) is 1.70. The van der Waals surface area contributed by atoms with Crippen molar-refractivity contribution in [2.24, 2.45) is 0 Å². The van der Waals surface area contributed by atoms with Gasteiger partial charge in [-0.3, -0.25) is 0 Å². The zero-order chi connectivity index (χ0) is 18.7. The van der Waals surface area contributed by atoms with E-state index in [-0.39, 0.29) is 11.6 Å². The molecule has 1 fully saturated rings. The molecule has 0 spiro atoms. The second kappa shape index (κ2) is 7.33. The molecule has 0 heterocycles. The number of hydrogen-bond acceptors (Lipinski definition) is 4. The average Bonchev–Trinajstić information content (AvgIpc) is 3.43. The van der Waals surface area contributed by atoms with Crippen LogP contribution in [-0.2, 0) is 5.54 Å². The molecule has 1 aliphatic carbocycles. The molecule has 1 saturated carbocycles. The molecule has 0 unspecified atom stereocenters. The van der Waals surface area contributed by atoms with Crippen molar-refractivity contribution in [3.05, 3.63) is 47.0 Å². The molecule has 0 aliphatic heterocycles. The van der Waals surface area contributed by atoms with Crippen LogP contribution in [0.1, 0.15) is 18.4 Å². The van der Waals surface area contributed by atoms with E-state index in [1.54, 1.807) is 19.2 Å². The number of methoxy groups -OCH3 is 3. The molecule has 0 aromatic heterocycles. The maximum absolute atomic E-state index is 12.5. The van der Waals surface area contributed by atoms with Crippen LogP contribution >= 0.6 is 11.6 Å². The van der Waals surface area contributed by atoms with Crippen molar-refractivity contribution < 1.29 is 19.0 Å². The first-order chi connectivity index (χ1) is 12.5. The third kappa shape index (κ3) is 3.65. The number of benzene rings is 2. The van der Waals surface area contributed by atoms with Crippen molar-refractivity contribution in [3.63, 3.8) is 0 Å². The Labute approximate surface area is 157 Å². The van der Waals surface area contributed by atoms with Crippen molar-refractivity contribution in [3.8, 4) is 17.2 Å². The van der Waals surface area contributed by atoms with E-state index in [4.69, 9.17) is 25.8 Å². The number of carbonyl (C=O) groups excluding carboxylic acids is 1. The minimum Gasteiger partial charge on any atom is -0.497 e. The van der Waals surface area contributed by atoms with Crippen molar-refractivity contribution >= 4 is 23.3 Å². The highest BCUT2D eigenvalue weighted by atomic mass is 35.5. The number of amides is 2. The summed E-state index contributed by atoms with van der Waals surface area (Å²) in [6.07, 6.45) is 1.77. The lowest BCUT2D eigenvalue weighted by molar-refractivity contribution is 0.247. The number of anilines is 1. The van der Waals surface area contributed by atoms with Crippen LogP contribution in [0.15, 0.2) is 36.4 Å². The van der Waals surface area contributed by atoms with E-state index in [9.17, 15) is 4.79 Å². The van der Waals surface area contributed by atoms with Gasteiger partial charge in [0.15, 0.2) is 0 Å². The van der Waals surface area contributed by atoms with Crippen LogP contribution in [0.2, 0.25) is 5.02 Å². The number of rotatable bonds is 6. The first-order valence-corrected chi connectivity index (χ1v) is 8.54. The van der Waals surface area contributed by atoms with Gasteiger partial charge in [-0.15, -0.1) is 0 Å². The second-order valence-electron chi connectivity index (χ2n) is 6.08. The smallest absolute Gasteiger partial charge is 0.320 e. The van der Waals surface area contributed by atoms with Crippen molar-refractivity contribution in [2.45, 2.75) is 18.4 Å². The molecule has 138 valence electrons. The largest absolute Gasteiger partial charge is 0.497 e. The Morgan fingerprint density at radius 2 is 1.65 bits per heavy atom. The predicted octanol–water partition coefficient (Wildman–Crippen LogP) is 4.18. The monoisotopic (exact) mass is 376 g/mol. The van der Waals surface area contributed by atoms with Gasteiger partial charge in [-0.1, -0.05) is 23.7 Å². The van der Waals surface area contributed by atoms with Crippen LogP contribution < -0.4 is 24.8 Å². The van der Waals surface area contributed by atoms with Crippen LogP contribution in [0.4, 0.5) is 10.5 Å². The van der Waals surface area contributed by atoms with Gasteiger partial charge in [0.2, 0.25) is 0 Å². The Morgan fingerprint density at radius 3 is 2.19 bits per heavy atom. The van der Waals surface area contributed by atoms with Gasteiger partial charge in [-0.05, 0) is 30.5 Å². The molecule has 7 heteroatoms. The summed E-state index contributed by atoms with van der Waals surface area (Å²) in [6.45, 7) is 0. The van der Waals surface area contributed by atoms with Gasteiger partial charge < -0.3 is 24.8 Å². The van der Waals surface area contributed by atoms with E-state index in [0.29, 0.717) is 22.2 Å². The van der Waals surface area contributed by atoms with Crippen molar-refractivity contribution in [1.29, 1.82) is 0 Å². The molecular formula is C19H21ClN2O4. The highest BCUT2D eigenvalue weighted by molar-refractivity contribution is 6.32. The topological polar surface area (TPSA) is 68.8 Å². The van der Waals surface area contributed by atoms with Gasteiger partial charge in [0.1, 0.15) is 17.2 Å². The predicted molar refractivity (Wildman–Crippen MR) is 101 cm³/mol. The number of urea groups is 1. The molecule has 3 rings (SSSR count). The third-order valence-electron chi connectivity index (χ3n) is 4.47. The fourth-order valence-electron chi connectivity index (χ4n) is 2.85. The van der Waals surface area contributed by atoms with Crippen LogP contribution in [0.3, 0.4) is 0 Å². The standard InChI is InChI=1S/C19H21ClN2O4/c1-24-13-6-4-12(5-7-13)19(8-9-19)22-18(23)21-15-11-16(25-2)14(20)10-17(15)26-3/h4-7,10-11H,8-9H2,1-3H3,(H2,21,22,23). The molecule has 1 aliphatic rings. The van der Waals surface area contributed by atoms with Crippen LogP contribution in [-0.4, -0.2) is 27.4 Å². The quantitative estimate of drug-likeness (QED) is 0.793. The molecule has 0 radical (unpaired) electrons. The van der Waals surface area contributed by atoms with Gasteiger partial charge in [0.05, 0.1) is 37.6 Å².